The first-order valence-electron chi connectivity index (χ1n) is 9.92. The van der Waals surface area contributed by atoms with E-state index in [2.05, 4.69) is 20.4 Å². The summed E-state index contributed by atoms with van der Waals surface area (Å²) in [7, 11) is 3.11. The van der Waals surface area contributed by atoms with Gasteiger partial charge in [0.25, 0.3) is 5.56 Å². The van der Waals surface area contributed by atoms with E-state index in [1.54, 1.807) is 56.0 Å². The van der Waals surface area contributed by atoms with Crippen LogP contribution in [-0.2, 0) is 11.3 Å². The standard InChI is InChI=1S/C22H21N5O5S/c1-13-23-21(32-26-13)25-19(28)12-33-22-24-16-7-5-4-6-15(16)20(29)27(22)11-14-8-9-17(30-2)18(10-14)31-3/h4-10H,11-12H2,1-3H3,(H,23,25,26,28). The number of rotatable bonds is 8. The molecular formula is C22H21N5O5S. The van der Waals surface area contributed by atoms with Crippen molar-refractivity contribution in [3.8, 4) is 11.5 Å². The number of thioether (sulfide) groups is 1. The number of aryl methyl sites for hydroxylation is 1. The first kappa shape index (κ1) is 22.3. The fourth-order valence-electron chi connectivity index (χ4n) is 3.19. The predicted molar refractivity (Wildman–Crippen MR) is 123 cm³/mol. The maximum absolute atomic E-state index is 13.3. The lowest BCUT2D eigenvalue weighted by atomic mass is 10.2. The van der Waals surface area contributed by atoms with Gasteiger partial charge in [-0.05, 0) is 36.8 Å². The van der Waals surface area contributed by atoms with Gasteiger partial charge in [0.2, 0.25) is 5.91 Å². The van der Waals surface area contributed by atoms with Crippen LogP contribution in [0.3, 0.4) is 0 Å². The van der Waals surface area contributed by atoms with Crippen molar-refractivity contribution in [3.63, 3.8) is 0 Å². The van der Waals surface area contributed by atoms with E-state index in [4.69, 9.17) is 14.0 Å². The van der Waals surface area contributed by atoms with E-state index >= 15 is 0 Å². The van der Waals surface area contributed by atoms with Crippen LogP contribution in [0.25, 0.3) is 10.9 Å². The Labute approximate surface area is 192 Å². The molecule has 11 heteroatoms. The first-order chi connectivity index (χ1) is 16.0. The molecule has 0 unspecified atom stereocenters. The lowest BCUT2D eigenvalue weighted by Crippen LogP contribution is -2.25. The highest BCUT2D eigenvalue weighted by molar-refractivity contribution is 7.99. The number of anilines is 1. The number of ether oxygens (including phenoxy) is 2. The highest BCUT2D eigenvalue weighted by Gasteiger charge is 2.16. The van der Waals surface area contributed by atoms with E-state index in [0.717, 1.165) is 17.3 Å². The Kier molecular flexibility index (Phi) is 6.59. The lowest BCUT2D eigenvalue weighted by Gasteiger charge is -2.14. The fourth-order valence-corrected chi connectivity index (χ4v) is 3.99. The molecule has 0 atom stereocenters. The van der Waals surface area contributed by atoms with Crippen molar-refractivity contribution in [2.24, 2.45) is 0 Å². The topological polar surface area (TPSA) is 121 Å². The summed E-state index contributed by atoms with van der Waals surface area (Å²) in [6.07, 6.45) is 0. The van der Waals surface area contributed by atoms with Crippen LogP contribution in [0.1, 0.15) is 11.4 Å². The lowest BCUT2D eigenvalue weighted by molar-refractivity contribution is -0.114. The molecule has 0 aliphatic rings. The monoisotopic (exact) mass is 467 g/mol. The molecule has 2 heterocycles. The third-order valence-corrected chi connectivity index (χ3v) is 5.70. The number of fused-ring (bicyclic) bond motifs is 1. The Morgan fingerprint density at radius 3 is 2.64 bits per heavy atom. The Hall–Kier alpha value is -3.86. The van der Waals surface area contributed by atoms with Gasteiger partial charge in [0, 0.05) is 0 Å². The largest absolute Gasteiger partial charge is 0.493 e. The summed E-state index contributed by atoms with van der Waals surface area (Å²) in [5, 5.41) is 7.07. The molecule has 0 bridgehead atoms. The summed E-state index contributed by atoms with van der Waals surface area (Å²) < 4.78 is 17.1. The van der Waals surface area contributed by atoms with Crippen LogP contribution in [0, 0.1) is 6.92 Å². The highest BCUT2D eigenvalue weighted by Crippen LogP contribution is 2.28. The molecule has 1 N–H and O–H groups in total. The van der Waals surface area contributed by atoms with Crippen molar-refractivity contribution in [1.29, 1.82) is 0 Å². The predicted octanol–water partition coefficient (Wildman–Crippen LogP) is 2.88. The zero-order valence-electron chi connectivity index (χ0n) is 18.2. The van der Waals surface area contributed by atoms with Gasteiger partial charge in [-0.3, -0.25) is 19.5 Å². The zero-order chi connectivity index (χ0) is 23.4. The molecule has 2 aromatic heterocycles. The molecule has 4 aromatic rings. The van der Waals surface area contributed by atoms with Gasteiger partial charge >= 0.3 is 6.01 Å². The summed E-state index contributed by atoms with van der Waals surface area (Å²) in [6.45, 7) is 1.89. The minimum atomic E-state index is -0.358. The van der Waals surface area contributed by atoms with Crippen LogP contribution in [0.15, 0.2) is 56.9 Å². The summed E-state index contributed by atoms with van der Waals surface area (Å²) >= 11 is 1.14. The van der Waals surface area contributed by atoms with Gasteiger partial charge in [-0.2, -0.15) is 4.98 Å². The SMILES string of the molecule is COc1ccc(Cn2c(SCC(=O)Nc3nc(C)no3)nc3ccccc3c2=O)cc1OC. The Morgan fingerprint density at radius 2 is 1.91 bits per heavy atom. The van der Waals surface area contributed by atoms with Crippen LogP contribution >= 0.6 is 11.8 Å². The van der Waals surface area contributed by atoms with Crippen LogP contribution in [0.4, 0.5) is 6.01 Å². The number of hydrogen-bond donors (Lipinski definition) is 1. The normalized spacial score (nSPS) is 10.9. The minimum Gasteiger partial charge on any atom is -0.493 e. The van der Waals surface area contributed by atoms with Gasteiger partial charge < -0.3 is 14.0 Å². The second-order valence-electron chi connectivity index (χ2n) is 6.98. The molecular weight excluding hydrogens is 446 g/mol. The number of carbonyl (C=O) groups excluding carboxylic acids is 1. The molecule has 33 heavy (non-hydrogen) atoms. The molecule has 10 nitrogen and oxygen atoms in total. The van der Waals surface area contributed by atoms with Gasteiger partial charge in [0.15, 0.2) is 22.5 Å². The molecule has 0 fully saturated rings. The second-order valence-corrected chi connectivity index (χ2v) is 7.92. The average molecular weight is 468 g/mol. The molecule has 2 aromatic carbocycles. The summed E-state index contributed by atoms with van der Waals surface area (Å²) in [4.78, 5) is 34.2. The minimum absolute atomic E-state index is 0.00184. The first-order valence-corrected chi connectivity index (χ1v) is 10.9. The number of nitrogens with zero attached hydrogens (tertiary/aromatic N) is 4. The molecule has 0 saturated heterocycles. The van der Waals surface area contributed by atoms with Crippen LogP contribution < -0.4 is 20.3 Å². The number of aromatic nitrogens is 4. The van der Waals surface area contributed by atoms with Gasteiger partial charge in [-0.15, -0.1) is 0 Å². The average Bonchev–Trinajstić information content (AvgIpc) is 3.23. The quantitative estimate of drug-likeness (QED) is 0.308. The molecule has 4 rings (SSSR count). The van der Waals surface area contributed by atoms with E-state index in [0.29, 0.717) is 33.4 Å². The summed E-state index contributed by atoms with van der Waals surface area (Å²) in [5.41, 5.74) is 1.17. The van der Waals surface area contributed by atoms with E-state index in [9.17, 15) is 9.59 Å². The van der Waals surface area contributed by atoms with Gasteiger partial charge in [-0.1, -0.05) is 35.1 Å². The molecule has 1 amide bonds. The van der Waals surface area contributed by atoms with E-state index < -0.39 is 0 Å². The van der Waals surface area contributed by atoms with Crippen LogP contribution in [0.5, 0.6) is 11.5 Å². The van der Waals surface area contributed by atoms with Gasteiger partial charge in [0.1, 0.15) is 0 Å². The van der Waals surface area contributed by atoms with Gasteiger partial charge in [0.05, 0.1) is 37.4 Å². The Morgan fingerprint density at radius 1 is 1.12 bits per heavy atom. The zero-order valence-corrected chi connectivity index (χ0v) is 19.0. The third-order valence-electron chi connectivity index (χ3n) is 4.72. The third kappa shape index (κ3) is 4.98. The number of para-hydroxylation sites is 1. The van der Waals surface area contributed by atoms with Crippen molar-refractivity contribution in [2.45, 2.75) is 18.6 Å². The molecule has 0 aliphatic carbocycles. The van der Waals surface area contributed by atoms with Crippen molar-refractivity contribution < 1.29 is 18.8 Å². The highest BCUT2D eigenvalue weighted by atomic mass is 32.2. The summed E-state index contributed by atoms with van der Waals surface area (Å²) in [6, 6.07) is 12.6. The smallest absolute Gasteiger partial charge is 0.328 e. The van der Waals surface area contributed by atoms with E-state index in [1.165, 1.54) is 0 Å². The van der Waals surface area contributed by atoms with E-state index in [-0.39, 0.29) is 29.8 Å². The number of nitrogens with one attached hydrogen (secondary N) is 1. The van der Waals surface area contributed by atoms with Crippen molar-refractivity contribution >= 4 is 34.6 Å². The Bertz CT molecular complexity index is 1370. The van der Waals surface area contributed by atoms with Crippen molar-refractivity contribution in [1.82, 2.24) is 19.7 Å². The number of benzene rings is 2. The Balaban J connectivity index is 1.64. The maximum atomic E-state index is 13.3. The van der Waals surface area contributed by atoms with Crippen LogP contribution in [0.2, 0.25) is 0 Å². The molecule has 0 radical (unpaired) electrons. The maximum Gasteiger partial charge on any atom is 0.328 e. The number of amides is 1. The fraction of sp³-hybridized carbons (Fsp3) is 0.227. The second kappa shape index (κ2) is 9.74. The van der Waals surface area contributed by atoms with Crippen molar-refractivity contribution in [2.75, 3.05) is 25.3 Å². The van der Waals surface area contributed by atoms with Crippen molar-refractivity contribution in [3.05, 3.63) is 64.2 Å². The van der Waals surface area contributed by atoms with Crippen LogP contribution in [-0.4, -0.2) is 45.6 Å². The van der Waals surface area contributed by atoms with E-state index in [1.807, 2.05) is 12.1 Å². The molecule has 170 valence electrons. The molecule has 0 saturated carbocycles. The number of hydrogen-bond acceptors (Lipinski definition) is 9. The molecule has 0 spiro atoms. The molecule has 0 aliphatic heterocycles. The number of carbonyl (C=O) groups is 1. The van der Waals surface area contributed by atoms with Gasteiger partial charge in [-0.25, -0.2) is 4.98 Å². The number of methoxy groups -OCH3 is 2. The summed E-state index contributed by atoms with van der Waals surface area (Å²) in [5.74, 6) is 1.20.